The molecule has 0 atom stereocenters. The van der Waals surface area contributed by atoms with Gasteiger partial charge in [0.2, 0.25) is 0 Å². The number of carbonyl (C=O) groups is 1. The van der Waals surface area contributed by atoms with Crippen LogP contribution in [-0.4, -0.2) is 27.3 Å². The molecular weight excluding hydrogens is 280 g/mol. The van der Waals surface area contributed by atoms with Crippen LogP contribution in [0.25, 0.3) is 11.0 Å². The summed E-state index contributed by atoms with van der Waals surface area (Å²) in [4.78, 5) is 16.6. The molecule has 0 aromatic carbocycles. The number of nitrogen functional groups attached to an aromatic ring is 1. The molecular formula is C16H20N4O2. The Morgan fingerprint density at radius 1 is 1.45 bits per heavy atom. The fourth-order valence-corrected chi connectivity index (χ4v) is 2.24. The Labute approximate surface area is 129 Å². The molecule has 0 saturated heterocycles. The van der Waals surface area contributed by atoms with Crippen molar-refractivity contribution in [3.8, 4) is 0 Å². The molecule has 2 rings (SSSR count). The van der Waals surface area contributed by atoms with E-state index in [0.29, 0.717) is 28.0 Å². The maximum Gasteiger partial charge on any atom is 0.342 e. The molecule has 116 valence electrons. The highest BCUT2D eigenvalue weighted by Crippen LogP contribution is 2.26. The van der Waals surface area contributed by atoms with E-state index in [-0.39, 0.29) is 6.61 Å². The lowest BCUT2D eigenvalue weighted by atomic mass is 10.1. The van der Waals surface area contributed by atoms with Crippen molar-refractivity contribution in [3.63, 3.8) is 0 Å². The van der Waals surface area contributed by atoms with E-state index in [1.807, 2.05) is 6.08 Å². The number of ether oxygens (including phenoxy) is 1. The highest BCUT2D eigenvalue weighted by Gasteiger charge is 2.20. The number of nitrogens with two attached hydrogens (primary N) is 1. The van der Waals surface area contributed by atoms with Gasteiger partial charge in [-0.1, -0.05) is 18.7 Å². The number of aryl methyl sites for hydroxylation is 2. The second kappa shape index (κ2) is 6.89. The zero-order chi connectivity index (χ0) is 16.1. The van der Waals surface area contributed by atoms with Gasteiger partial charge in [-0.25, -0.2) is 14.5 Å². The van der Waals surface area contributed by atoms with Crippen molar-refractivity contribution >= 4 is 22.7 Å². The Morgan fingerprint density at radius 3 is 2.91 bits per heavy atom. The smallest absolute Gasteiger partial charge is 0.342 e. The lowest BCUT2D eigenvalue weighted by molar-refractivity contribution is 0.0550. The summed E-state index contributed by atoms with van der Waals surface area (Å²) in [6, 6.07) is 0. The average Bonchev–Trinajstić information content (AvgIpc) is 2.88. The van der Waals surface area contributed by atoms with E-state index in [2.05, 4.69) is 23.2 Å². The summed E-state index contributed by atoms with van der Waals surface area (Å²) in [5.74, 6) is -0.497. The summed E-state index contributed by atoms with van der Waals surface area (Å²) in [6.07, 6.45) is 6.83. The van der Waals surface area contributed by atoms with Crippen molar-refractivity contribution in [1.82, 2.24) is 14.8 Å². The Balaban J connectivity index is 2.40. The Morgan fingerprint density at radius 2 is 2.23 bits per heavy atom. The maximum absolute atomic E-state index is 12.1. The number of hydrogen-bond acceptors (Lipinski definition) is 5. The molecule has 0 aliphatic carbocycles. The lowest BCUT2D eigenvalue weighted by Gasteiger charge is -2.10. The number of esters is 1. The van der Waals surface area contributed by atoms with Crippen molar-refractivity contribution in [3.05, 3.63) is 42.8 Å². The van der Waals surface area contributed by atoms with Crippen molar-refractivity contribution in [1.29, 1.82) is 0 Å². The second-order valence-corrected chi connectivity index (χ2v) is 4.91. The molecule has 22 heavy (non-hydrogen) atoms. The summed E-state index contributed by atoms with van der Waals surface area (Å²) in [5.41, 5.74) is 7.98. The molecule has 2 aromatic heterocycles. The van der Waals surface area contributed by atoms with Gasteiger partial charge in [-0.3, -0.25) is 0 Å². The second-order valence-electron chi connectivity index (χ2n) is 4.91. The van der Waals surface area contributed by atoms with Crippen LogP contribution in [0, 0.1) is 6.92 Å². The fourth-order valence-electron chi connectivity index (χ4n) is 2.24. The third-order valence-electron chi connectivity index (χ3n) is 3.32. The van der Waals surface area contributed by atoms with Crippen LogP contribution in [0.1, 0.15) is 28.9 Å². The molecule has 0 unspecified atom stereocenters. The van der Waals surface area contributed by atoms with Crippen molar-refractivity contribution in [2.24, 2.45) is 0 Å². The third-order valence-corrected chi connectivity index (χ3v) is 3.32. The van der Waals surface area contributed by atoms with E-state index in [1.54, 1.807) is 17.8 Å². The van der Waals surface area contributed by atoms with Crippen LogP contribution in [-0.2, 0) is 11.3 Å². The third kappa shape index (κ3) is 3.00. The van der Waals surface area contributed by atoms with Crippen LogP contribution in [0.3, 0.4) is 0 Å². The van der Waals surface area contributed by atoms with Gasteiger partial charge in [0.25, 0.3) is 0 Å². The maximum atomic E-state index is 12.1. The zero-order valence-corrected chi connectivity index (χ0v) is 12.7. The van der Waals surface area contributed by atoms with Gasteiger partial charge in [-0.2, -0.15) is 5.10 Å². The largest absolute Gasteiger partial charge is 0.458 e. The number of fused-ring (bicyclic) bond motifs is 1. The van der Waals surface area contributed by atoms with Crippen LogP contribution in [0.4, 0.5) is 5.69 Å². The number of carbonyl (C=O) groups excluding carboxylic acids is 1. The predicted molar refractivity (Wildman–Crippen MR) is 86.6 cm³/mol. The van der Waals surface area contributed by atoms with E-state index < -0.39 is 5.97 Å². The van der Waals surface area contributed by atoms with Gasteiger partial charge < -0.3 is 10.5 Å². The minimum absolute atomic E-state index is 0.135. The normalized spacial score (nSPS) is 10.6. The number of unbranched alkanes of at least 4 members (excludes halogenated alkanes) is 1. The van der Waals surface area contributed by atoms with Crippen LogP contribution in [0.15, 0.2) is 31.5 Å². The number of hydrogen-bond donors (Lipinski definition) is 1. The van der Waals surface area contributed by atoms with Gasteiger partial charge in [0, 0.05) is 6.54 Å². The number of rotatable bonds is 7. The van der Waals surface area contributed by atoms with Gasteiger partial charge in [-0.15, -0.1) is 6.58 Å². The van der Waals surface area contributed by atoms with E-state index >= 15 is 0 Å². The minimum Gasteiger partial charge on any atom is -0.458 e. The molecule has 0 spiro atoms. The Kier molecular flexibility index (Phi) is 4.93. The molecule has 2 N–H and O–H groups in total. The molecule has 6 heteroatoms. The van der Waals surface area contributed by atoms with E-state index in [0.717, 1.165) is 19.4 Å². The van der Waals surface area contributed by atoms with Crippen molar-refractivity contribution in [2.45, 2.75) is 26.3 Å². The summed E-state index contributed by atoms with van der Waals surface area (Å²) in [5, 5.41) is 4.97. The highest BCUT2D eigenvalue weighted by molar-refractivity contribution is 6.04. The molecule has 0 amide bonds. The Bertz CT molecular complexity index is 718. The standard InChI is InChI=1S/C16H20N4O2/c1-4-6-7-8-20-15-12(10-18-20)14(17)13(11(3)19-15)16(21)22-9-5-2/h4-5,10H,1-2,6-9H2,3H3,(H2,17,19). The quantitative estimate of drug-likeness (QED) is 0.483. The molecule has 0 radical (unpaired) electrons. The molecule has 0 fully saturated rings. The van der Waals surface area contributed by atoms with E-state index in [4.69, 9.17) is 10.5 Å². The molecule has 0 aliphatic heterocycles. The number of aromatic nitrogens is 3. The first-order valence-electron chi connectivity index (χ1n) is 7.10. The molecule has 0 aliphatic rings. The summed E-state index contributed by atoms with van der Waals surface area (Å²) in [6.45, 7) is 9.81. The topological polar surface area (TPSA) is 83.0 Å². The molecule has 2 heterocycles. The minimum atomic E-state index is -0.497. The van der Waals surface area contributed by atoms with Crippen LogP contribution >= 0.6 is 0 Å². The lowest BCUT2D eigenvalue weighted by Crippen LogP contribution is -2.12. The predicted octanol–water partition coefficient (Wildman–Crippen LogP) is 2.63. The van der Waals surface area contributed by atoms with Crippen LogP contribution in [0.5, 0.6) is 0 Å². The van der Waals surface area contributed by atoms with Crippen LogP contribution < -0.4 is 5.73 Å². The monoisotopic (exact) mass is 300 g/mol. The molecule has 0 bridgehead atoms. The van der Waals surface area contributed by atoms with E-state index in [9.17, 15) is 4.79 Å². The van der Waals surface area contributed by atoms with Gasteiger partial charge in [0.1, 0.15) is 12.2 Å². The molecule has 0 saturated carbocycles. The summed E-state index contributed by atoms with van der Waals surface area (Å²) < 4.78 is 6.85. The first-order valence-corrected chi connectivity index (χ1v) is 7.10. The summed E-state index contributed by atoms with van der Waals surface area (Å²) in [7, 11) is 0. The van der Waals surface area contributed by atoms with Gasteiger partial charge in [0.05, 0.1) is 23.0 Å². The first kappa shape index (κ1) is 15.8. The SMILES string of the molecule is C=CCCCn1ncc2c(N)c(C(=O)OCC=C)c(C)nc21. The van der Waals surface area contributed by atoms with Crippen molar-refractivity contribution < 1.29 is 9.53 Å². The number of nitrogens with zero attached hydrogens (tertiary/aromatic N) is 3. The average molecular weight is 300 g/mol. The van der Waals surface area contributed by atoms with Gasteiger partial charge in [-0.05, 0) is 19.8 Å². The molecule has 6 nitrogen and oxygen atoms in total. The number of allylic oxidation sites excluding steroid dienone is 1. The van der Waals surface area contributed by atoms with Gasteiger partial charge in [0.15, 0.2) is 5.65 Å². The molecule has 2 aromatic rings. The highest BCUT2D eigenvalue weighted by atomic mass is 16.5. The van der Waals surface area contributed by atoms with Crippen molar-refractivity contribution in [2.75, 3.05) is 12.3 Å². The first-order chi connectivity index (χ1) is 10.6. The van der Waals surface area contributed by atoms with E-state index in [1.165, 1.54) is 6.08 Å². The zero-order valence-electron chi connectivity index (χ0n) is 12.7. The Hall–Kier alpha value is -2.63. The van der Waals surface area contributed by atoms with Crippen LogP contribution in [0.2, 0.25) is 0 Å². The van der Waals surface area contributed by atoms with Gasteiger partial charge >= 0.3 is 5.97 Å². The number of pyridine rings is 1. The summed E-state index contributed by atoms with van der Waals surface area (Å²) >= 11 is 0. The fraction of sp³-hybridized carbons (Fsp3) is 0.312. The number of anilines is 1.